The van der Waals surface area contributed by atoms with Crippen molar-refractivity contribution in [1.29, 1.82) is 0 Å². The highest BCUT2D eigenvalue weighted by atomic mass is 16.5. The molecule has 3 N–H and O–H groups in total. The topological polar surface area (TPSA) is 105 Å². The van der Waals surface area contributed by atoms with Gasteiger partial charge in [-0.2, -0.15) is 5.10 Å². The summed E-state index contributed by atoms with van der Waals surface area (Å²) in [6, 6.07) is 14.4. The number of hydrogen-bond acceptors (Lipinski definition) is 6. The Bertz CT molecular complexity index is 1660. The standard InChI is InChI=1S/C28H24N6O2/c1-2-21(17-6-9-35-16-17)22-11-26(32-24(22)3-1)28-23-12-25(31-15-27(23)33-34-28)18-10-20(14-30-13-18)36-19-4-7-29-8-5-19/h1-3,6,9-16,19,29,32H,4-5,7-8H2,(H,33,34). The van der Waals surface area contributed by atoms with E-state index in [9.17, 15) is 0 Å². The van der Waals surface area contributed by atoms with Gasteiger partial charge < -0.3 is 19.5 Å². The van der Waals surface area contributed by atoms with Gasteiger partial charge in [-0.15, -0.1) is 0 Å². The molecule has 8 heteroatoms. The first-order valence-corrected chi connectivity index (χ1v) is 12.1. The molecule has 0 atom stereocenters. The molecular formula is C28H24N6O2. The van der Waals surface area contributed by atoms with Gasteiger partial charge in [0, 0.05) is 33.6 Å². The number of piperidine rings is 1. The molecule has 1 fully saturated rings. The third kappa shape index (κ3) is 3.72. The third-order valence-corrected chi connectivity index (χ3v) is 6.80. The number of aromatic amines is 2. The second kappa shape index (κ2) is 8.66. The molecule has 0 radical (unpaired) electrons. The minimum atomic E-state index is 0.216. The van der Waals surface area contributed by atoms with E-state index >= 15 is 0 Å². The Morgan fingerprint density at radius 3 is 2.75 bits per heavy atom. The molecule has 1 aliphatic rings. The molecule has 6 heterocycles. The van der Waals surface area contributed by atoms with Crippen molar-refractivity contribution in [3.8, 4) is 39.5 Å². The molecule has 5 aromatic heterocycles. The van der Waals surface area contributed by atoms with E-state index in [0.717, 1.165) is 87.3 Å². The van der Waals surface area contributed by atoms with Crippen LogP contribution < -0.4 is 10.1 Å². The molecule has 0 saturated carbocycles. The number of hydrogen-bond donors (Lipinski definition) is 3. The molecule has 0 amide bonds. The number of pyridine rings is 2. The summed E-state index contributed by atoms with van der Waals surface area (Å²) in [4.78, 5) is 12.6. The summed E-state index contributed by atoms with van der Waals surface area (Å²) >= 11 is 0. The number of furan rings is 1. The van der Waals surface area contributed by atoms with Crippen molar-refractivity contribution in [3.05, 3.63) is 73.6 Å². The summed E-state index contributed by atoms with van der Waals surface area (Å²) in [7, 11) is 0. The second-order valence-electron chi connectivity index (χ2n) is 9.13. The van der Waals surface area contributed by atoms with Crippen molar-refractivity contribution in [1.82, 2.24) is 30.5 Å². The van der Waals surface area contributed by atoms with Crippen LogP contribution in [0.3, 0.4) is 0 Å². The number of rotatable bonds is 5. The molecule has 1 aromatic carbocycles. The molecule has 0 unspecified atom stereocenters. The average molecular weight is 477 g/mol. The molecule has 36 heavy (non-hydrogen) atoms. The summed E-state index contributed by atoms with van der Waals surface area (Å²) in [5.41, 5.74) is 7.59. The van der Waals surface area contributed by atoms with Crippen LogP contribution in [0, 0.1) is 0 Å². The molecular weight excluding hydrogens is 452 g/mol. The Morgan fingerprint density at radius 2 is 1.86 bits per heavy atom. The van der Waals surface area contributed by atoms with Crippen LogP contribution in [0.5, 0.6) is 5.75 Å². The van der Waals surface area contributed by atoms with E-state index in [4.69, 9.17) is 9.15 Å². The Balaban J connectivity index is 1.26. The lowest BCUT2D eigenvalue weighted by molar-refractivity contribution is 0.162. The summed E-state index contributed by atoms with van der Waals surface area (Å²) in [6.45, 7) is 1.97. The van der Waals surface area contributed by atoms with Crippen molar-refractivity contribution in [2.24, 2.45) is 0 Å². The third-order valence-electron chi connectivity index (χ3n) is 6.80. The van der Waals surface area contributed by atoms with Gasteiger partial charge in [0.1, 0.15) is 17.5 Å². The second-order valence-corrected chi connectivity index (χ2v) is 9.13. The van der Waals surface area contributed by atoms with Gasteiger partial charge >= 0.3 is 0 Å². The van der Waals surface area contributed by atoms with Crippen LogP contribution >= 0.6 is 0 Å². The number of nitrogens with zero attached hydrogens (tertiary/aromatic N) is 3. The van der Waals surface area contributed by atoms with Crippen LogP contribution in [0.15, 0.2) is 78.0 Å². The highest BCUT2D eigenvalue weighted by Gasteiger charge is 2.17. The van der Waals surface area contributed by atoms with Crippen LogP contribution in [0.1, 0.15) is 12.8 Å². The molecule has 1 aliphatic heterocycles. The molecule has 7 rings (SSSR count). The maximum Gasteiger partial charge on any atom is 0.138 e. The summed E-state index contributed by atoms with van der Waals surface area (Å²) in [6.07, 6.45) is 11.1. The Labute approximate surface area is 206 Å². The molecule has 0 bridgehead atoms. The van der Waals surface area contributed by atoms with Crippen LogP contribution in [-0.4, -0.2) is 44.3 Å². The first kappa shape index (κ1) is 20.9. The van der Waals surface area contributed by atoms with Crippen LogP contribution in [0.2, 0.25) is 0 Å². The van der Waals surface area contributed by atoms with E-state index in [0.29, 0.717) is 0 Å². The molecule has 6 aromatic rings. The fourth-order valence-corrected chi connectivity index (χ4v) is 4.96. The highest BCUT2D eigenvalue weighted by molar-refractivity contribution is 6.01. The van der Waals surface area contributed by atoms with Gasteiger partial charge in [-0.05, 0) is 61.8 Å². The molecule has 178 valence electrons. The quantitative estimate of drug-likeness (QED) is 0.301. The lowest BCUT2D eigenvalue weighted by atomic mass is 10.0. The zero-order valence-electron chi connectivity index (χ0n) is 19.5. The predicted molar refractivity (Wildman–Crippen MR) is 139 cm³/mol. The number of fused-ring (bicyclic) bond motifs is 2. The largest absolute Gasteiger partial charge is 0.489 e. The maximum absolute atomic E-state index is 6.20. The smallest absolute Gasteiger partial charge is 0.138 e. The summed E-state index contributed by atoms with van der Waals surface area (Å²) < 4.78 is 11.5. The number of ether oxygens (including phenoxy) is 1. The van der Waals surface area contributed by atoms with Crippen molar-refractivity contribution >= 4 is 21.8 Å². The zero-order chi connectivity index (χ0) is 23.9. The lowest BCUT2D eigenvalue weighted by Gasteiger charge is -2.23. The number of aromatic nitrogens is 5. The van der Waals surface area contributed by atoms with Crippen molar-refractivity contribution < 1.29 is 9.15 Å². The van der Waals surface area contributed by atoms with Gasteiger partial charge in [0.25, 0.3) is 0 Å². The average Bonchev–Trinajstić information content (AvgIpc) is 3.68. The van der Waals surface area contributed by atoms with Crippen LogP contribution in [0.25, 0.3) is 55.6 Å². The highest BCUT2D eigenvalue weighted by Crippen LogP contribution is 2.35. The van der Waals surface area contributed by atoms with Gasteiger partial charge in [0.2, 0.25) is 0 Å². The molecule has 1 saturated heterocycles. The SMILES string of the molecule is c1cc(-c2ccoc2)c2cc(-c3n[nH]c4cnc(-c5cncc(OC6CCNCC6)c5)cc34)[nH]c2c1. The fraction of sp³-hybridized carbons (Fsp3) is 0.179. The van der Waals surface area contributed by atoms with Gasteiger partial charge in [-0.25, -0.2) is 0 Å². The zero-order valence-corrected chi connectivity index (χ0v) is 19.5. The van der Waals surface area contributed by atoms with Gasteiger partial charge in [-0.3, -0.25) is 15.1 Å². The van der Waals surface area contributed by atoms with E-state index in [1.807, 2.05) is 30.6 Å². The molecule has 8 nitrogen and oxygen atoms in total. The van der Waals surface area contributed by atoms with E-state index in [-0.39, 0.29) is 6.10 Å². The Hall–Kier alpha value is -4.43. The monoisotopic (exact) mass is 476 g/mol. The Morgan fingerprint density at radius 1 is 0.917 bits per heavy atom. The normalized spacial score (nSPS) is 14.6. The first-order valence-electron chi connectivity index (χ1n) is 12.1. The van der Waals surface area contributed by atoms with Gasteiger partial charge in [0.05, 0.1) is 41.8 Å². The van der Waals surface area contributed by atoms with Crippen LogP contribution in [-0.2, 0) is 0 Å². The first-order chi connectivity index (χ1) is 17.8. The minimum absolute atomic E-state index is 0.216. The van der Waals surface area contributed by atoms with Crippen LogP contribution in [0.4, 0.5) is 0 Å². The summed E-state index contributed by atoms with van der Waals surface area (Å²) in [5.74, 6) is 0.774. The minimum Gasteiger partial charge on any atom is -0.489 e. The van der Waals surface area contributed by atoms with Crippen molar-refractivity contribution in [2.75, 3.05) is 13.1 Å². The van der Waals surface area contributed by atoms with E-state index in [1.54, 1.807) is 18.7 Å². The lowest BCUT2D eigenvalue weighted by Crippen LogP contribution is -2.34. The summed E-state index contributed by atoms with van der Waals surface area (Å²) in [5, 5.41) is 13.2. The predicted octanol–water partition coefficient (Wildman–Crippen LogP) is 5.56. The van der Waals surface area contributed by atoms with Gasteiger partial charge in [-0.1, -0.05) is 12.1 Å². The van der Waals surface area contributed by atoms with E-state index in [2.05, 4.69) is 54.7 Å². The number of benzene rings is 1. The van der Waals surface area contributed by atoms with Gasteiger partial charge in [0.15, 0.2) is 0 Å². The number of H-pyrrole nitrogens is 2. The maximum atomic E-state index is 6.20. The Kier molecular flexibility index (Phi) is 5.03. The van der Waals surface area contributed by atoms with E-state index in [1.165, 1.54) is 0 Å². The van der Waals surface area contributed by atoms with E-state index < -0.39 is 0 Å². The number of nitrogens with one attached hydrogen (secondary N) is 3. The van der Waals surface area contributed by atoms with Crippen molar-refractivity contribution in [3.63, 3.8) is 0 Å². The molecule has 0 spiro atoms. The molecule has 0 aliphatic carbocycles. The fourth-order valence-electron chi connectivity index (χ4n) is 4.96. The van der Waals surface area contributed by atoms with Crippen molar-refractivity contribution in [2.45, 2.75) is 18.9 Å².